The van der Waals surface area contributed by atoms with Crippen molar-refractivity contribution < 1.29 is 19.2 Å². The maximum Gasteiger partial charge on any atom is 0.436 e. The van der Waals surface area contributed by atoms with Gasteiger partial charge in [0, 0.05) is 49.9 Å². The highest BCUT2D eigenvalue weighted by Gasteiger charge is 2.38. The average molecular weight is 472 g/mol. The van der Waals surface area contributed by atoms with Gasteiger partial charge in [-0.15, -0.1) is 4.68 Å². The Kier molecular flexibility index (Phi) is 6.28. The number of carbonyl (C=O) groups excluding carboxylic acids is 2. The summed E-state index contributed by atoms with van der Waals surface area (Å²) in [6.07, 6.45) is -0.709. The Morgan fingerprint density at radius 3 is 2.62 bits per heavy atom. The minimum Gasteiger partial charge on any atom is -0.448 e. The summed E-state index contributed by atoms with van der Waals surface area (Å²) >= 11 is 0. The lowest BCUT2D eigenvalue weighted by Gasteiger charge is -2.33. The summed E-state index contributed by atoms with van der Waals surface area (Å²) in [5.41, 5.74) is 1.28. The zero-order chi connectivity index (χ0) is 24.6. The molecule has 0 unspecified atom stereocenters. The van der Waals surface area contributed by atoms with Crippen LogP contribution >= 0.6 is 0 Å². The van der Waals surface area contributed by atoms with E-state index >= 15 is 0 Å². The normalized spacial score (nSPS) is 17.4. The predicted octanol–water partition coefficient (Wildman–Crippen LogP) is 2.14. The van der Waals surface area contributed by atoms with Crippen molar-refractivity contribution in [2.24, 2.45) is 0 Å². The van der Waals surface area contributed by atoms with Crippen LogP contribution in [0, 0.1) is 10.1 Å². The van der Waals surface area contributed by atoms with Crippen LogP contribution in [0.5, 0.6) is 0 Å². The molecule has 1 saturated heterocycles. The molecule has 2 aromatic rings. The Bertz CT molecular complexity index is 1130. The van der Waals surface area contributed by atoms with Gasteiger partial charge in [0.1, 0.15) is 11.5 Å². The second-order valence-corrected chi connectivity index (χ2v) is 8.97. The lowest BCUT2D eigenvalue weighted by molar-refractivity contribution is -0.384. The lowest BCUT2D eigenvalue weighted by atomic mass is 10.0. The fraction of sp³-hybridized carbons (Fsp3) is 0.500. The number of carbonyl (C=O) groups is 2. The molecule has 0 atom stereocenters. The first-order valence-electron chi connectivity index (χ1n) is 11.2. The van der Waals surface area contributed by atoms with Gasteiger partial charge in [-0.2, -0.15) is 5.10 Å². The fourth-order valence-corrected chi connectivity index (χ4v) is 4.26. The van der Waals surface area contributed by atoms with Crippen LogP contribution in [0.25, 0.3) is 0 Å². The van der Waals surface area contributed by atoms with E-state index in [2.05, 4.69) is 20.6 Å². The molecule has 3 heterocycles. The van der Waals surface area contributed by atoms with Crippen molar-refractivity contribution in [1.82, 2.24) is 20.0 Å². The van der Waals surface area contributed by atoms with Gasteiger partial charge < -0.3 is 25.2 Å². The minimum atomic E-state index is -0.709. The molecule has 34 heavy (non-hydrogen) atoms. The second-order valence-electron chi connectivity index (χ2n) is 8.97. The number of nitro groups is 1. The molecule has 1 aromatic carbocycles. The predicted molar refractivity (Wildman–Crippen MR) is 125 cm³/mol. The third-order valence-corrected chi connectivity index (χ3v) is 6.23. The van der Waals surface area contributed by atoms with Crippen LogP contribution in [0.1, 0.15) is 42.4 Å². The Labute approximate surface area is 197 Å². The molecule has 182 valence electrons. The number of rotatable bonds is 5. The van der Waals surface area contributed by atoms with Crippen LogP contribution in [0.4, 0.5) is 22.0 Å². The van der Waals surface area contributed by atoms with Crippen LogP contribution in [0.2, 0.25) is 0 Å². The van der Waals surface area contributed by atoms with E-state index in [1.165, 1.54) is 6.07 Å². The third kappa shape index (κ3) is 4.33. The standard InChI is InChI=1S/C22H29N7O5/c1-5-34-21(31)28-19(15-13-23-22(2,3)18(15)25-28)24-20(30)14-6-7-16(17(12-14)29(32)33)27-10-8-26(4)9-11-27/h6-7,12,23H,5,8-11,13H2,1-4H3,(H,24,30). The number of piperazine rings is 1. The van der Waals surface area contributed by atoms with E-state index in [0.29, 0.717) is 36.6 Å². The highest BCUT2D eigenvalue weighted by atomic mass is 16.6. The number of fused-ring (bicyclic) bond motifs is 1. The summed E-state index contributed by atoms with van der Waals surface area (Å²) in [6.45, 7) is 9.01. The van der Waals surface area contributed by atoms with E-state index in [0.717, 1.165) is 17.8 Å². The molecule has 1 fully saturated rings. The summed E-state index contributed by atoms with van der Waals surface area (Å²) in [5.74, 6) is -0.381. The van der Waals surface area contributed by atoms with Crippen LogP contribution < -0.4 is 15.5 Å². The molecule has 0 spiro atoms. The Morgan fingerprint density at radius 1 is 1.26 bits per heavy atom. The van der Waals surface area contributed by atoms with E-state index in [-0.39, 0.29) is 23.7 Å². The van der Waals surface area contributed by atoms with Gasteiger partial charge >= 0.3 is 6.09 Å². The van der Waals surface area contributed by atoms with E-state index in [4.69, 9.17) is 4.74 Å². The van der Waals surface area contributed by atoms with E-state index in [1.54, 1.807) is 19.1 Å². The highest BCUT2D eigenvalue weighted by molar-refractivity contribution is 6.06. The Hall–Kier alpha value is -3.51. The SMILES string of the molecule is CCOC(=O)n1nc2c(c1NC(=O)c1ccc(N3CCN(C)CC3)c([N+](=O)[O-])c1)CNC2(C)C. The number of hydrogen-bond acceptors (Lipinski definition) is 9. The largest absolute Gasteiger partial charge is 0.448 e. The van der Waals surface area contributed by atoms with Gasteiger partial charge in [-0.1, -0.05) is 0 Å². The van der Waals surface area contributed by atoms with Gasteiger partial charge in [-0.3, -0.25) is 14.9 Å². The quantitative estimate of drug-likeness (QED) is 0.497. The number of ether oxygens (including phenoxy) is 1. The first-order valence-corrected chi connectivity index (χ1v) is 11.2. The van der Waals surface area contributed by atoms with Crippen LogP contribution in [0.3, 0.4) is 0 Å². The maximum absolute atomic E-state index is 13.1. The summed E-state index contributed by atoms with van der Waals surface area (Å²) in [7, 11) is 2.01. The summed E-state index contributed by atoms with van der Waals surface area (Å²) in [5, 5.41) is 22.2. The number of benzene rings is 1. The molecule has 2 aliphatic rings. The van der Waals surface area contributed by atoms with Crippen molar-refractivity contribution in [3.05, 3.63) is 45.1 Å². The van der Waals surface area contributed by atoms with Crippen molar-refractivity contribution in [2.45, 2.75) is 32.9 Å². The first-order chi connectivity index (χ1) is 16.1. The Morgan fingerprint density at radius 2 is 1.97 bits per heavy atom. The van der Waals surface area contributed by atoms with Gasteiger partial charge in [-0.25, -0.2) is 4.79 Å². The molecular formula is C22H29N7O5. The van der Waals surface area contributed by atoms with E-state index < -0.39 is 22.5 Å². The van der Waals surface area contributed by atoms with Gasteiger partial charge in [0.15, 0.2) is 0 Å². The average Bonchev–Trinajstić information content (AvgIpc) is 3.31. The molecule has 1 aromatic heterocycles. The number of aromatic nitrogens is 2. The van der Waals surface area contributed by atoms with Crippen LogP contribution in [-0.4, -0.2) is 71.4 Å². The minimum absolute atomic E-state index is 0.111. The lowest BCUT2D eigenvalue weighted by Crippen LogP contribution is -2.44. The monoisotopic (exact) mass is 471 g/mol. The molecule has 0 radical (unpaired) electrons. The second kappa shape index (κ2) is 9.03. The number of likely N-dealkylation sites (N-methyl/N-ethyl adjacent to an activating group) is 1. The summed E-state index contributed by atoms with van der Waals surface area (Å²) in [4.78, 5) is 41.1. The summed E-state index contributed by atoms with van der Waals surface area (Å²) < 4.78 is 6.14. The van der Waals surface area contributed by atoms with Crippen LogP contribution in [-0.2, 0) is 16.8 Å². The number of nitro benzene ring substituents is 1. The van der Waals surface area contributed by atoms with Crippen molar-refractivity contribution in [3.63, 3.8) is 0 Å². The Balaban J connectivity index is 1.65. The maximum atomic E-state index is 13.1. The molecule has 0 bridgehead atoms. The molecule has 2 aliphatic heterocycles. The van der Waals surface area contributed by atoms with Gasteiger partial charge in [0.2, 0.25) is 0 Å². The number of anilines is 2. The van der Waals surface area contributed by atoms with Crippen molar-refractivity contribution in [3.8, 4) is 0 Å². The molecule has 0 aliphatic carbocycles. The first kappa shape index (κ1) is 23.6. The summed E-state index contributed by atoms with van der Waals surface area (Å²) in [6, 6.07) is 4.44. The number of hydrogen-bond donors (Lipinski definition) is 2. The van der Waals surface area contributed by atoms with Crippen molar-refractivity contribution >= 4 is 29.2 Å². The smallest absolute Gasteiger partial charge is 0.436 e. The number of nitrogens with one attached hydrogen (secondary N) is 2. The van der Waals surface area contributed by atoms with Gasteiger partial charge in [0.05, 0.1) is 22.8 Å². The molecule has 1 amide bonds. The fourth-order valence-electron chi connectivity index (χ4n) is 4.26. The third-order valence-electron chi connectivity index (χ3n) is 6.23. The van der Waals surface area contributed by atoms with Crippen molar-refractivity contribution in [2.75, 3.05) is 50.1 Å². The topological polar surface area (TPSA) is 135 Å². The molecule has 12 heteroatoms. The highest BCUT2D eigenvalue weighted by Crippen LogP contribution is 2.35. The van der Waals surface area contributed by atoms with Crippen molar-refractivity contribution in [1.29, 1.82) is 0 Å². The van der Waals surface area contributed by atoms with Gasteiger partial charge in [-0.05, 0) is 40.0 Å². The number of nitrogens with zero attached hydrogens (tertiary/aromatic N) is 5. The molecular weight excluding hydrogens is 442 g/mol. The molecule has 12 nitrogen and oxygen atoms in total. The van der Waals surface area contributed by atoms with E-state index in [9.17, 15) is 19.7 Å². The number of amides is 1. The van der Waals surface area contributed by atoms with Gasteiger partial charge in [0.25, 0.3) is 11.6 Å². The van der Waals surface area contributed by atoms with Crippen LogP contribution in [0.15, 0.2) is 18.2 Å². The van der Waals surface area contributed by atoms with E-state index in [1.807, 2.05) is 25.8 Å². The molecule has 2 N–H and O–H groups in total. The molecule has 0 saturated carbocycles. The zero-order valence-corrected chi connectivity index (χ0v) is 19.8. The molecule has 4 rings (SSSR count). The zero-order valence-electron chi connectivity index (χ0n) is 19.8.